The summed E-state index contributed by atoms with van der Waals surface area (Å²) in [5.41, 5.74) is 1.74. The van der Waals surface area contributed by atoms with E-state index in [4.69, 9.17) is 5.11 Å². The Kier molecular flexibility index (Phi) is 6.82. The quantitative estimate of drug-likeness (QED) is 0.667. The lowest BCUT2D eigenvalue weighted by Gasteiger charge is -2.08. The highest BCUT2D eigenvalue weighted by Gasteiger charge is 2.16. The molecular weight excluding hydrogens is 332 g/mol. The molecule has 0 fully saturated rings. The molecule has 1 unspecified atom stereocenters. The summed E-state index contributed by atoms with van der Waals surface area (Å²) in [6.07, 6.45) is 0. The lowest BCUT2D eigenvalue weighted by atomic mass is 9.96. The van der Waals surface area contributed by atoms with E-state index in [1.807, 2.05) is 11.9 Å². The second kappa shape index (κ2) is 8.37. The maximum Gasteiger partial charge on any atom is 0.310 e. The number of benzene rings is 2. The van der Waals surface area contributed by atoms with E-state index in [2.05, 4.69) is 15.9 Å². The zero-order valence-corrected chi connectivity index (χ0v) is 13.5. The fourth-order valence-corrected chi connectivity index (χ4v) is 1.85. The van der Waals surface area contributed by atoms with Gasteiger partial charge in [-0.2, -0.15) is 0 Å². The van der Waals surface area contributed by atoms with Gasteiger partial charge in [-0.05, 0) is 24.4 Å². The summed E-state index contributed by atoms with van der Waals surface area (Å²) in [6.45, 7) is 1.61. The molecule has 0 bridgehead atoms. The number of ketones is 1. The molecule has 0 aliphatic carbocycles. The number of alkyl halides is 1. The highest BCUT2D eigenvalue weighted by Crippen LogP contribution is 2.18. The topological polar surface area (TPSA) is 54.4 Å². The standard InChI is InChI=1S/C16H14O3.CH3Br/c1-11(16(18)19)13-8-5-9-14(10-13)15(17)12-6-3-2-4-7-12;1-2/h2-11H,1H3,(H,18,19);1H3. The highest BCUT2D eigenvalue weighted by molar-refractivity contribution is 9.08. The van der Waals surface area contributed by atoms with Gasteiger partial charge in [-0.3, -0.25) is 9.59 Å². The molecular formula is C17H17BrO3. The first-order valence-corrected chi connectivity index (χ1v) is 7.98. The van der Waals surface area contributed by atoms with Crippen LogP contribution in [0.25, 0.3) is 0 Å². The SMILES string of the molecule is CBr.CC(C(=O)O)c1cccc(C(=O)c2ccccc2)c1. The summed E-state index contributed by atoms with van der Waals surface area (Å²) in [5, 5.41) is 9.00. The fourth-order valence-electron chi connectivity index (χ4n) is 1.85. The lowest BCUT2D eigenvalue weighted by Crippen LogP contribution is -2.09. The van der Waals surface area contributed by atoms with E-state index in [0.29, 0.717) is 16.7 Å². The minimum absolute atomic E-state index is 0.0972. The smallest absolute Gasteiger partial charge is 0.310 e. The first kappa shape index (κ1) is 17.1. The largest absolute Gasteiger partial charge is 0.481 e. The Bertz CT molecular complexity index is 608. The fraction of sp³-hybridized carbons (Fsp3) is 0.176. The van der Waals surface area contributed by atoms with Crippen molar-refractivity contribution < 1.29 is 14.7 Å². The number of hydrogen-bond donors (Lipinski definition) is 1. The molecule has 3 nitrogen and oxygen atoms in total. The van der Waals surface area contributed by atoms with E-state index in [-0.39, 0.29) is 5.78 Å². The van der Waals surface area contributed by atoms with Crippen molar-refractivity contribution in [2.45, 2.75) is 12.8 Å². The molecule has 0 aliphatic rings. The Hall–Kier alpha value is -1.94. The monoisotopic (exact) mass is 348 g/mol. The summed E-state index contributed by atoms with van der Waals surface area (Å²) in [5.74, 6) is 0.195. The Labute approximate surface area is 132 Å². The number of carboxylic acid groups (broad SMARTS) is 1. The van der Waals surface area contributed by atoms with Gasteiger partial charge >= 0.3 is 5.97 Å². The zero-order chi connectivity index (χ0) is 15.8. The number of carbonyl (C=O) groups is 2. The number of aliphatic carboxylic acids is 1. The van der Waals surface area contributed by atoms with Gasteiger partial charge in [0, 0.05) is 11.1 Å². The van der Waals surface area contributed by atoms with Gasteiger partial charge < -0.3 is 5.11 Å². The summed E-state index contributed by atoms with van der Waals surface area (Å²) >= 11 is 2.94. The molecule has 0 saturated carbocycles. The van der Waals surface area contributed by atoms with Crippen molar-refractivity contribution in [1.82, 2.24) is 0 Å². The molecule has 21 heavy (non-hydrogen) atoms. The molecule has 0 amide bonds. The van der Waals surface area contributed by atoms with E-state index in [1.54, 1.807) is 55.5 Å². The zero-order valence-electron chi connectivity index (χ0n) is 11.9. The van der Waals surface area contributed by atoms with E-state index in [9.17, 15) is 9.59 Å². The van der Waals surface area contributed by atoms with Gasteiger partial charge in [0.25, 0.3) is 0 Å². The molecule has 1 atom stereocenters. The van der Waals surface area contributed by atoms with Gasteiger partial charge in [-0.25, -0.2) is 0 Å². The van der Waals surface area contributed by atoms with Crippen LogP contribution < -0.4 is 0 Å². The molecule has 2 rings (SSSR count). The van der Waals surface area contributed by atoms with Crippen molar-refractivity contribution in [2.75, 3.05) is 5.83 Å². The van der Waals surface area contributed by atoms with Gasteiger partial charge in [-0.15, -0.1) is 0 Å². The number of carboxylic acids is 1. The first-order chi connectivity index (χ1) is 10.1. The van der Waals surface area contributed by atoms with Crippen LogP contribution >= 0.6 is 15.9 Å². The summed E-state index contributed by atoms with van der Waals surface area (Å²) in [7, 11) is 0. The third-order valence-corrected chi connectivity index (χ3v) is 3.06. The molecule has 1 N–H and O–H groups in total. The van der Waals surface area contributed by atoms with Crippen molar-refractivity contribution in [2.24, 2.45) is 0 Å². The van der Waals surface area contributed by atoms with E-state index < -0.39 is 11.9 Å². The van der Waals surface area contributed by atoms with Crippen molar-refractivity contribution in [3.8, 4) is 0 Å². The van der Waals surface area contributed by atoms with Crippen LogP contribution in [0.4, 0.5) is 0 Å². The predicted octanol–water partition coefficient (Wildman–Crippen LogP) is 4.12. The van der Waals surface area contributed by atoms with E-state index >= 15 is 0 Å². The van der Waals surface area contributed by atoms with Crippen LogP contribution in [0.3, 0.4) is 0 Å². The van der Waals surface area contributed by atoms with Gasteiger partial charge in [0.05, 0.1) is 5.92 Å². The van der Waals surface area contributed by atoms with Crippen LogP contribution in [0.2, 0.25) is 0 Å². The Morgan fingerprint density at radius 1 is 0.952 bits per heavy atom. The average molecular weight is 349 g/mol. The lowest BCUT2D eigenvalue weighted by molar-refractivity contribution is -0.138. The number of halogens is 1. The van der Waals surface area contributed by atoms with Gasteiger partial charge in [0.2, 0.25) is 0 Å². The normalized spacial score (nSPS) is 11.0. The maximum absolute atomic E-state index is 12.2. The van der Waals surface area contributed by atoms with Crippen LogP contribution in [-0.2, 0) is 4.79 Å². The minimum Gasteiger partial charge on any atom is -0.481 e. The van der Waals surface area contributed by atoms with Gasteiger partial charge in [0.1, 0.15) is 0 Å². The molecule has 0 radical (unpaired) electrons. The second-order valence-corrected chi connectivity index (χ2v) is 4.38. The van der Waals surface area contributed by atoms with Crippen LogP contribution in [0.5, 0.6) is 0 Å². The van der Waals surface area contributed by atoms with Crippen molar-refractivity contribution in [1.29, 1.82) is 0 Å². The number of hydrogen-bond acceptors (Lipinski definition) is 2. The van der Waals surface area contributed by atoms with Crippen LogP contribution in [0, 0.1) is 0 Å². The molecule has 0 heterocycles. The molecule has 0 saturated heterocycles. The highest BCUT2D eigenvalue weighted by atomic mass is 79.9. The van der Waals surface area contributed by atoms with Crippen molar-refractivity contribution in [3.05, 3.63) is 71.3 Å². The Morgan fingerprint density at radius 2 is 1.52 bits per heavy atom. The van der Waals surface area contributed by atoms with Crippen molar-refractivity contribution >= 4 is 27.7 Å². The molecule has 110 valence electrons. The molecule has 0 aromatic heterocycles. The van der Waals surface area contributed by atoms with Gasteiger partial charge in [-0.1, -0.05) is 64.5 Å². The van der Waals surface area contributed by atoms with E-state index in [0.717, 1.165) is 0 Å². The molecule has 2 aromatic rings. The molecule has 2 aromatic carbocycles. The van der Waals surface area contributed by atoms with Crippen LogP contribution in [0.15, 0.2) is 54.6 Å². The molecule has 0 spiro atoms. The third-order valence-electron chi connectivity index (χ3n) is 3.06. The maximum atomic E-state index is 12.2. The number of rotatable bonds is 4. The first-order valence-electron chi connectivity index (χ1n) is 6.40. The minimum atomic E-state index is -0.899. The third kappa shape index (κ3) is 4.53. The predicted molar refractivity (Wildman–Crippen MR) is 87.2 cm³/mol. The van der Waals surface area contributed by atoms with Crippen LogP contribution in [0.1, 0.15) is 34.3 Å². The number of carbonyl (C=O) groups excluding carboxylic acids is 1. The summed E-state index contributed by atoms with van der Waals surface area (Å²) in [6, 6.07) is 15.7. The molecule has 0 aliphatic heterocycles. The van der Waals surface area contributed by atoms with E-state index in [1.165, 1.54) is 0 Å². The Balaban J connectivity index is 0.00000106. The summed E-state index contributed by atoms with van der Waals surface area (Å²) in [4.78, 5) is 23.2. The molecule has 4 heteroatoms. The second-order valence-electron chi connectivity index (χ2n) is 4.38. The average Bonchev–Trinajstić information content (AvgIpc) is 2.56. The van der Waals surface area contributed by atoms with Gasteiger partial charge in [0.15, 0.2) is 5.78 Å². The van der Waals surface area contributed by atoms with Crippen molar-refractivity contribution in [3.63, 3.8) is 0 Å². The Morgan fingerprint density at radius 3 is 2.10 bits per heavy atom. The van der Waals surface area contributed by atoms with Crippen LogP contribution in [-0.4, -0.2) is 22.7 Å². The summed E-state index contributed by atoms with van der Waals surface area (Å²) < 4.78 is 0.